The van der Waals surface area contributed by atoms with E-state index < -0.39 is 0 Å². The van der Waals surface area contributed by atoms with E-state index in [1.165, 1.54) is 40.3 Å². The highest BCUT2D eigenvalue weighted by molar-refractivity contribution is 6.08. The van der Waals surface area contributed by atoms with Gasteiger partial charge in [-0.3, -0.25) is 14.5 Å². The Labute approximate surface area is 198 Å². The second-order valence-corrected chi connectivity index (χ2v) is 9.03. The van der Waals surface area contributed by atoms with Crippen LogP contribution < -0.4 is 10.2 Å². The molecule has 0 spiro atoms. The number of carbonyl (C=O) groups excluding carboxylic acids is 2. The second-order valence-electron chi connectivity index (χ2n) is 9.03. The van der Waals surface area contributed by atoms with Crippen LogP contribution in [0, 0.1) is 0 Å². The third kappa shape index (κ3) is 3.14. The molecule has 1 N–H and O–H groups in total. The predicted octanol–water partition coefficient (Wildman–Crippen LogP) is 6.47. The number of rotatable bonds is 3. The molecule has 0 aliphatic heterocycles. The van der Waals surface area contributed by atoms with E-state index in [-0.39, 0.29) is 11.8 Å². The molecule has 4 aromatic carbocycles. The number of fused-ring (bicyclic) bond motifs is 6. The molecule has 34 heavy (non-hydrogen) atoms. The van der Waals surface area contributed by atoms with Crippen molar-refractivity contribution >= 4 is 28.9 Å². The summed E-state index contributed by atoms with van der Waals surface area (Å²) in [5.74, 6) is -0.254. The van der Waals surface area contributed by atoms with Crippen molar-refractivity contribution in [2.45, 2.75) is 26.7 Å². The lowest BCUT2D eigenvalue weighted by Gasteiger charge is -2.27. The van der Waals surface area contributed by atoms with Gasteiger partial charge in [0.1, 0.15) is 0 Å². The summed E-state index contributed by atoms with van der Waals surface area (Å²) in [6.07, 6.45) is 1.57. The maximum Gasteiger partial charge on any atom is 0.228 e. The SMILES string of the molecule is CC(=O)Nc1ccc2c(c1N(C(C)=O)c1ccc3c(c1)Cc1ccccc1-3)Cc1ccccc1-2. The van der Waals surface area contributed by atoms with Crippen molar-refractivity contribution in [2.24, 2.45) is 0 Å². The summed E-state index contributed by atoms with van der Waals surface area (Å²) in [6, 6.07) is 27.0. The molecule has 0 atom stereocenters. The van der Waals surface area contributed by atoms with Gasteiger partial charge in [-0.25, -0.2) is 0 Å². The smallest absolute Gasteiger partial charge is 0.228 e. The van der Waals surface area contributed by atoms with Gasteiger partial charge in [0.05, 0.1) is 11.4 Å². The Kier molecular flexibility index (Phi) is 4.63. The molecule has 0 fully saturated rings. The summed E-state index contributed by atoms with van der Waals surface area (Å²) in [6.45, 7) is 3.08. The Morgan fingerprint density at radius 1 is 0.706 bits per heavy atom. The van der Waals surface area contributed by atoms with Crippen LogP contribution in [-0.2, 0) is 22.4 Å². The normalized spacial score (nSPS) is 12.4. The second kappa shape index (κ2) is 7.70. The highest BCUT2D eigenvalue weighted by Crippen LogP contribution is 2.47. The number of hydrogen-bond donors (Lipinski definition) is 1. The van der Waals surface area contributed by atoms with Gasteiger partial charge in [0.25, 0.3) is 0 Å². The summed E-state index contributed by atoms with van der Waals surface area (Å²) in [4.78, 5) is 27.0. The molecule has 0 heterocycles. The van der Waals surface area contributed by atoms with Gasteiger partial charge in [0.15, 0.2) is 0 Å². The molecule has 2 aliphatic carbocycles. The first-order valence-electron chi connectivity index (χ1n) is 11.5. The number of nitrogens with one attached hydrogen (secondary N) is 1. The van der Waals surface area contributed by atoms with E-state index in [9.17, 15) is 9.59 Å². The topological polar surface area (TPSA) is 49.4 Å². The third-order valence-electron chi connectivity index (χ3n) is 6.84. The first-order valence-corrected chi connectivity index (χ1v) is 11.5. The average Bonchev–Trinajstić information content (AvgIpc) is 3.38. The minimum Gasteiger partial charge on any atom is -0.325 e. The van der Waals surface area contributed by atoms with Gasteiger partial charge in [0, 0.05) is 26.0 Å². The Balaban J connectivity index is 1.53. The molecule has 4 aromatic rings. The lowest BCUT2D eigenvalue weighted by atomic mass is 10.0. The molecule has 2 aliphatic rings. The Bertz CT molecular complexity index is 1500. The van der Waals surface area contributed by atoms with Crippen LogP contribution >= 0.6 is 0 Å². The first kappa shape index (κ1) is 20.4. The van der Waals surface area contributed by atoms with Crippen molar-refractivity contribution in [3.8, 4) is 22.3 Å². The molecule has 0 aromatic heterocycles. The van der Waals surface area contributed by atoms with Crippen LogP contribution in [0.4, 0.5) is 17.1 Å². The van der Waals surface area contributed by atoms with Gasteiger partial charge in [0.2, 0.25) is 11.8 Å². The lowest BCUT2D eigenvalue weighted by Crippen LogP contribution is -2.26. The molecule has 0 saturated carbocycles. The molecular weight excluding hydrogens is 420 g/mol. The summed E-state index contributed by atoms with van der Waals surface area (Å²) >= 11 is 0. The predicted molar refractivity (Wildman–Crippen MR) is 136 cm³/mol. The Morgan fingerprint density at radius 3 is 2.03 bits per heavy atom. The van der Waals surface area contributed by atoms with Crippen molar-refractivity contribution in [1.29, 1.82) is 0 Å². The minimum absolute atomic E-state index is 0.0913. The van der Waals surface area contributed by atoms with E-state index in [0.717, 1.165) is 28.9 Å². The van der Waals surface area contributed by atoms with Gasteiger partial charge >= 0.3 is 0 Å². The van der Waals surface area contributed by atoms with E-state index in [1.807, 2.05) is 30.3 Å². The van der Waals surface area contributed by atoms with E-state index in [1.54, 1.807) is 11.8 Å². The summed E-state index contributed by atoms with van der Waals surface area (Å²) in [7, 11) is 0. The van der Waals surface area contributed by atoms with Gasteiger partial charge < -0.3 is 5.32 Å². The number of hydrogen-bond acceptors (Lipinski definition) is 2. The van der Waals surface area contributed by atoms with Crippen molar-refractivity contribution in [2.75, 3.05) is 10.2 Å². The van der Waals surface area contributed by atoms with Crippen LogP contribution in [-0.4, -0.2) is 11.8 Å². The standard InChI is InChI=1S/C30H24N2O2/c1-18(33)31-29-14-13-27-25-10-6-4-8-21(25)17-28(27)30(29)32(19(2)34)23-11-12-26-22(16-23)15-20-7-3-5-9-24(20)26/h3-14,16H,15,17H2,1-2H3,(H,31,33). The zero-order valence-electron chi connectivity index (χ0n) is 19.2. The van der Waals surface area contributed by atoms with E-state index >= 15 is 0 Å². The molecule has 0 unspecified atom stereocenters. The van der Waals surface area contributed by atoms with Crippen LogP contribution in [0.15, 0.2) is 78.9 Å². The van der Waals surface area contributed by atoms with Crippen molar-refractivity contribution in [1.82, 2.24) is 0 Å². The number of nitrogens with zero attached hydrogens (tertiary/aromatic N) is 1. The largest absolute Gasteiger partial charge is 0.325 e. The van der Waals surface area contributed by atoms with Crippen LogP contribution in [0.1, 0.15) is 36.1 Å². The van der Waals surface area contributed by atoms with Crippen molar-refractivity contribution in [3.63, 3.8) is 0 Å². The number of amides is 2. The van der Waals surface area contributed by atoms with Gasteiger partial charge in [-0.05, 0) is 69.1 Å². The van der Waals surface area contributed by atoms with Crippen LogP contribution in [0.5, 0.6) is 0 Å². The van der Waals surface area contributed by atoms with Gasteiger partial charge in [-0.1, -0.05) is 60.7 Å². The van der Waals surface area contributed by atoms with Crippen LogP contribution in [0.25, 0.3) is 22.3 Å². The molecule has 6 rings (SSSR count). The molecule has 0 saturated heterocycles. The average molecular weight is 445 g/mol. The minimum atomic E-state index is -0.162. The first-order chi connectivity index (χ1) is 16.5. The van der Waals surface area contributed by atoms with E-state index in [4.69, 9.17) is 0 Å². The maximum absolute atomic E-state index is 13.2. The van der Waals surface area contributed by atoms with Crippen molar-refractivity contribution < 1.29 is 9.59 Å². The van der Waals surface area contributed by atoms with Crippen LogP contribution in [0.2, 0.25) is 0 Å². The highest BCUT2D eigenvalue weighted by atomic mass is 16.2. The molecule has 4 nitrogen and oxygen atoms in total. The Hall–Kier alpha value is -4.18. The summed E-state index contributed by atoms with van der Waals surface area (Å²) < 4.78 is 0. The van der Waals surface area contributed by atoms with E-state index in [0.29, 0.717) is 12.1 Å². The van der Waals surface area contributed by atoms with Gasteiger partial charge in [-0.15, -0.1) is 0 Å². The molecule has 0 bridgehead atoms. The molecule has 4 heteroatoms. The zero-order valence-corrected chi connectivity index (χ0v) is 19.2. The zero-order chi connectivity index (χ0) is 23.4. The highest BCUT2D eigenvalue weighted by Gasteiger charge is 2.29. The fourth-order valence-electron chi connectivity index (χ4n) is 5.48. The summed E-state index contributed by atoms with van der Waals surface area (Å²) in [5.41, 5.74) is 11.8. The van der Waals surface area contributed by atoms with Crippen molar-refractivity contribution in [3.05, 3.63) is 101 Å². The Morgan fingerprint density at radius 2 is 1.32 bits per heavy atom. The molecular formula is C30H24N2O2. The quantitative estimate of drug-likeness (QED) is 0.340. The van der Waals surface area contributed by atoms with E-state index in [2.05, 4.69) is 53.8 Å². The van der Waals surface area contributed by atoms with Gasteiger partial charge in [-0.2, -0.15) is 0 Å². The summed E-state index contributed by atoms with van der Waals surface area (Å²) in [5, 5.41) is 2.97. The molecule has 2 amide bonds. The number of anilines is 3. The molecule has 166 valence electrons. The fraction of sp³-hybridized carbons (Fsp3) is 0.133. The monoisotopic (exact) mass is 444 g/mol. The number of benzene rings is 4. The molecule has 0 radical (unpaired) electrons. The lowest BCUT2D eigenvalue weighted by molar-refractivity contribution is -0.116. The van der Waals surface area contributed by atoms with Crippen LogP contribution in [0.3, 0.4) is 0 Å². The third-order valence-corrected chi connectivity index (χ3v) is 6.84. The fourth-order valence-corrected chi connectivity index (χ4v) is 5.48. The number of carbonyl (C=O) groups is 2. The maximum atomic E-state index is 13.2.